The second kappa shape index (κ2) is 7.57. The van der Waals surface area contributed by atoms with Crippen LogP contribution in [0.2, 0.25) is 0 Å². The number of nitro groups is 1. The van der Waals surface area contributed by atoms with Gasteiger partial charge in [-0.05, 0) is 38.2 Å². The lowest BCUT2D eigenvalue weighted by molar-refractivity contribution is -0.385. The summed E-state index contributed by atoms with van der Waals surface area (Å²) in [5.41, 5.74) is 6.17. The van der Waals surface area contributed by atoms with Crippen molar-refractivity contribution in [3.8, 4) is 0 Å². The van der Waals surface area contributed by atoms with Crippen molar-refractivity contribution in [1.29, 1.82) is 0 Å². The van der Waals surface area contributed by atoms with Crippen molar-refractivity contribution in [1.82, 2.24) is 4.31 Å². The van der Waals surface area contributed by atoms with E-state index in [0.717, 1.165) is 6.07 Å². The second-order valence-corrected chi connectivity index (χ2v) is 7.71. The van der Waals surface area contributed by atoms with Gasteiger partial charge in [0, 0.05) is 31.3 Å². The van der Waals surface area contributed by atoms with Gasteiger partial charge in [-0.15, -0.1) is 12.4 Å². The van der Waals surface area contributed by atoms with E-state index in [-0.39, 0.29) is 29.0 Å². The predicted molar refractivity (Wildman–Crippen MR) is 90.2 cm³/mol. The third kappa shape index (κ3) is 4.20. The Bertz CT molecular complexity index is 671. The number of non-ortho nitro benzene ring substituents is 1. The molecule has 23 heavy (non-hydrogen) atoms. The molecule has 0 aromatic heterocycles. The summed E-state index contributed by atoms with van der Waals surface area (Å²) in [7, 11) is -3.71. The highest BCUT2D eigenvalue weighted by Crippen LogP contribution is 2.28. The van der Waals surface area contributed by atoms with Crippen LogP contribution in [-0.4, -0.2) is 36.8 Å². The highest BCUT2D eigenvalue weighted by molar-refractivity contribution is 7.89. The quantitative estimate of drug-likeness (QED) is 0.651. The molecule has 2 N–H and O–H groups in total. The van der Waals surface area contributed by atoms with E-state index in [4.69, 9.17) is 5.73 Å². The van der Waals surface area contributed by atoms with E-state index in [1.165, 1.54) is 16.4 Å². The average molecular weight is 364 g/mol. The van der Waals surface area contributed by atoms with E-state index in [2.05, 4.69) is 0 Å². The molecule has 1 heterocycles. The number of halogens is 1. The number of aryl methyl sites for hydroxylation is 1. The molecule has 0 aliphatic carbocycles. The first kappa shape index (κ1) is 19.8. The van der Waals surface area contributed by atoms with Crippen LogP contribution in [0.1, 0.15) is 25.3 Å². The Morgan fingerprint density at radius 2 is 1.91 bits per heavy atom. The normalized spacial score (nSPS) is 18.2. The van der Waals surface area contributed by atoms with Crippen LogP contribution in [-0.2, 0) is 10.0 Å². The van der Waals surface area contributed by atoms with Crippen LogP contribution in [0.25, 0.3) is 0 Å². The minimum absolute atomic E-state index is 0. The Morgan fingerprint density at radius 3 is 2.39 bits per heavy atom. The van der Waals surface area contributed by atoms with Crippen LogP contribution in [0, 0.1) is 23.0 Å². The lowest BCUT2D eigenvalue weighted by Crippen LogP contribution is -2.42. The molecule has 0 spiro atoms. The van der Waals surface area contributed by atoms with Crippen LogP contribution in [0.3, 0.4) is 0 Å². The monoisotopic (exact) mass is 363 g/mol. The third-order valence-corrected chi connectivity index (χ3v) is 6.28. The predicted octanol–water partition coefficient (Wildman–Crippen LogP) is 2.07. The summed E-state index contributed by atoms with van der Waals surface area (Å²) in [5, 5.41) is 10.9. The first-order valence-corrected chi connectivity index (χ1v) is 8.68. The standard InChI is InChI=1S/C14H21N3O4S.ClH/c1-10-3-4-13(17(18)19)9-14(10)22(20,21)16-7-5-12(6-8-16)11(2)15;/h3-4,9,11-12H,5-8,15H2,1-2H3;1H. The molecular weight excluding hydrogens is 342 g/mol. The minimum Gasteiger partial charge on any atom is -0.328 e. The fraction of sp³-hybridized carbons (Fsp3) is 0.571. The zero-order valence-corrected chi connectivity index (χ0v) is 14.8. The van der Waals surface area contributed by atoms with Gasteiger partial charge in [0.2, 0.25) is 10.0 Å². The summed E-state index contributed by atoms with van der Waals surface area (Å²) in [6.45, 7) is 4.37. The number of nitrogens with zero attached hydrogens (tertiary/aromatic N) is 2. The molecule has 1 unspecified atom stereocenters. The summed E-state index contributed by atoms with van der Waals surface area (Å²) >= 11 is 0. The number of hydrogen-bond acceptors (Lipinski definition) is 5. The molecule has 1 fully saturated rings. The fourth-order valence-electron chi connectivity index (χ4n) is 2.76. The maximum atomic E-state index is 12.7. The molecule has 1 aromatic rings. The lowest BCUT2D eigenvalue weighted by atomic mass is 9.92. The molecule has 1 saturated heterocycles. The van der Waals surface area contributed by atoms with Gasteiger partial charge in [-0.2, -0.15) is 4.31 Å². The molecule has 0 amide bonds. The zero-order valence-electron chi connectivity index (χ0n) is 13.1. The van der Waals surface area contributed by atoms with Gasteiger partial charge in [0.1, 0.15) is 0 Å². The Kier molecular flexibility index (Phi) is 6.52. The fourth-order valence-corrected chi connectivity index (χ4v) is 4.48. The number of nitro benzene ring substituents is 1. The van der Waals surface area contributed by atoms with Crippen molar-refractivity contribution in [2.24, 2.45) is 11.7 Å². The lowest BCUT2D eigenvalue weighted by Gasteiger charge is -2.33. The summed E-state index contributed by atoms with van der Waals surface area (Å²) in [6.07, 6.45) is 1.43. The molecule has 9 heteroatoms. The maximum absolute atomic E-state index is 12.7. The van der Waals surface area contributed by atoms with Gasteiger partial charge in [0.25, 0.3) is 5.69 Å². The molecule has 0 radical (unpaired) electrons. The summed E-state index contributed by atoms with van der Waals surface area (Å²) in [4.78, 5) is 10.3. The molecule has 1 aromatic carbocycles. The van der Waals surface area contributed by atoms with Crippen molar-refractivity contribution >= 4 is 28.1 Å². The van der Waals surface area contributed by atoms with Gasteiger partial charge in [-0.3, -0.25) is 10.1 Å². The smallest absolute Gasteiger partial charge is 0.270 e. The Balaban J connectivity index is 0.00000264. The van der Waals surface area contributed by atoms with Crippen molar-refractivity contribution in [2.45, 2.75) is 37.6 Å². The van der Waals surface area contributed by atoms with Crippen molar-refractivity contribution in [3.63, 3.8) is 0 Å². The topological polar surface area (TPSA) is 107 Å². The summed E-state index contributed by atoms with van der Waals surface area (Å²) in [5.74, 6) is 0.317. The van der Waals surface area contributed by atoms with Gasteiger partial charge in [-0.1, -0.05) is 6.07 Å². The van der Waals surface area contributed by atoms with E-state index >= 15 is 0 Å². The van der Waals surface area contributed by atoms with Gasteiger partial charge in [0.15, 0.2) is 0 Å². The molecule has 1 aliphatic heterocycles. The molecule has 130 valence electrons. The van der Waals surface area contributed by atoms with Crippen LogP contribution >= 0.6 is 12.4 Å². The average Bonchev–Trinajstić information content (AvgIpc) is 2.47. The molecular formula is C14H22ClN3O4S. The molecule has 1 aliphatic rings. The number of rotatable bonds is 4. The van der Waals surface area contributed by atoms with Crippen LogP contribution in [0.15, 0.2) is 23.1 Å². The SMILES string of the molecule is Cc1ccc([N+](=O)[O-])cc1S(=O)(=O)N1CCC(C(C)N)CC1.Cl. The van der Waals surface area contributed by atoms with E-state index in [1.54, 1.807) is 6.92 Å². The van der Waals surface area contributed by atoms with Crippen molar-refractivity contribution in [3.05, 3.63) is 33.9 Å². The van der Waals surface area contributed by atoms with Crippen molar-refractivity contribution in [2.75, 3.05) is 13.1 Å². The first-order chi connectivity index (χ1) is 10.2. The van der Waals surface area contributed by atoms with E-state index in [0.29, 0.717) is 37.4 Å². The molecule has 2 rings (SSSR count). The molecule has 7 nitrogen and oxygen atoms in total. The third-order valence-electron chi connectivity index (χ3n) is 4.24. The first-order valence-electron chi connectivity index (χ1n) is 7.24. The van der Waals surface area contributed by atoms with Gasteiger partial charge < -0.3 is 5.73 Å². The Hall–Kier alpha value is -1.22. The van der Waals surface area contributed by atoms with E-state index in [1.807, 2.05) is 6.92 Å². The number of benzene rings is 1. The number of nitrogens with two attached hydrogens (primary N) is 1. The summed E-state index contributed by atoms with van der Waals surface area (Å²) < 4.78 is 26.9. The number of hydrogen-bond donors (Lipinski definition) is 1. The van der Waals surface area contributed by atoms with Gasteiger partial charge in [0.05, 0.1) is 9.82 Å². The van der Waals surface area contributed by atoms with E-state index < -0.39 is 14.9 Å². The maximum Gasteiger partial charge on any atom is 0.270 e. The summed E-state index contributed by atoms with van der Waals surface area (Å²) in [6, 6.07) is 3.98. The number of piperidine rings is 1. The highest BCUT2D eigenvalue weighted by Gasteiger charge is 2.32. The van der Waals surface area contributed by atoms with Gasteiger partial charge in [-0.25, -0.2) is 8.42 Å². The minimum atomic E-state index is -3.71. The van der Waals surface area contributed by atoms with E-state index in [9.17, 15) is 18.5 Å². The van der Waals surface area contributed by atoms with Crippen LogP contribution in [0.4, 0.5) is 5.69 Å². The Morgan fingerprint density at radius 1 is 1.35 bits per heavy atom. The molecule has 0 saturated carbocycles. The van der Waals surface area contributed by atoms with Gasteiger partial charge >= 0.3 is 0 Å². The highest BCUT2D eigenvalue weighted by atomic mass is 35.5. The van der Waals surface area contributed by atoms with Crippen molar-refractivity contribution < 1.29 is 13.3 Å². The zero-order chi connectivity index (χ0) is 16.5. The Labute approximate surface area is 142 Å². The van der Waals surface area contributed by atoms with Crippen LogP contribution < -0.4 is 5.73 Å². The largest absolute Gasteiger partial charge is 0.328 e. The van der Waals surface area contributed by atoms with Crippen LogP contribution in [0.5, 0.6) is 0 Å². The number of sulfonamides is 1. The second-order valence-electron chi connectivity index (χ2n) is 5.81. The molecule has 1 atom stereocenters. The molecule has 0 bridgehead atoms.